The van der Waals surface area contributed by atoms with E-state index in [4.69, 9.17) is 0 Å². The summed E-state index contributed by atoms with van der Waals surface area (Å²) >= 11 is 0. The van der Waals surface area contributed by atoms with Gasteiger partial charge in [0.1, 0.15) is 0 Å². The monoisotopic (exact) mass is 407 g/mol. The van der Waals surface area contributed by atoms with Gasteiger partial charge in [-0.2, -0.15) is 5.10 Å². The summed E-state index contributed by atoms with van der Waals surface area (Å²) in [5.74, 6) is 0.677. The van der Waals surface area contributed by atoms with Crippen LogP contribution in [0, 0.1) is 0 Å². The van der Waals surface area contributed by atoms with E-state index >= 15 is 0 Å². The molecule has 1 aliphatic heterocycles. The third-order valence-corrected chi connectivity index (χ3v) is 6.16. The zero-order chi connectivity index (χ0) is 20.7. The Bertz CT molecular complexity index is 1210. The lowest BCUT2D eigenvalue weighted by molar-refractivity contribution is 0.241. The van der Waals surface area contributed by atoms with Crippen LogP contribution in [0.25, 0.3) is 10.9 Å². The van der Waals surface area contributed by atoms with Gasteiger partial charge in [-0.3, -0.25) is 24.0 Å². The van der Waals surface area contributed by atoms with Crippen LogP contribution in [0.2, 0.25) is 0 Å². The predicted molar refractivity (Wildman–Crippen MR) is 114 cm³/mol. The fraction of sp³-hybridized carbons (Fsp3) is 0.476. The van der Waals surface area contributed by atoms with E-state index in [0.717, 1.165) is 63.2 Å². The third-order valence-electron chi connectivity index (χ3n) is 6.16. The molecule has 9 heteroatoms. The lowest BCUT2D eigenvalue weighted by atomic mass is 10.2. The van der Waals surface area contributed by atoms with Gasteiger partial charge in [-0.05, 0) is 30.9 Å². The van der Waals surface area contributed by atoms with Crippen molar-refractivity contribution in [2.24, 2.45) is 7.05 Å². The van der Waals surface area contributed by atoms with Crippen molar-refractivity contribution in [2.75, 3.05) is 37.6 Å². The highest BCUT2D eigenvalue weighted by molar-refractivity contribution is 5.77. The van der Waals surface area contributed by atoms with Gasteiger partial charge in [0.15, 0.2) is 0 Å². The first kappa shape index (κ1) is 18.9. The second-order valence-electron chi connectivity index (χ2n) is 8.03. The molecule has 156 valence electrons. The van der Waals surface area contributed by atoms with Gasteiger partial charge in [0.25, 0.3) is 11.1 Å². The van der Waals surface area contributed by atoms with Gasteiger partial charge >= 0.3 is 0 Å². The summed E-state index contributed by atoms with van der Waals surface area (Å²) in [5.41, 5.74) is 2.77. The molecule has 0 aromatic carbocycles. The van der Waals surface area contributed by atoms with Gasteiger partial charge in [0.2, 0.25) is 5.95 Å². The third kappa shape index (κ3) is 3.39. The number of aryl methyl sites for hydroxylation is 2. The van der Waals surface area contributed by atoms with E-state index in [9.17, 15) is 9.59 Å². The number of piperazine rings is 1. The summed E-state index contributed by atoms with van der Waals surface area (Å²) in [6.07, 6.45) is 6.29. The first-order valence-corrected chi connectivity index (χ1v) is 10.5. The second-order valence-corrected chi connectivity index (χ2v) is 8.03. The number of aromatic nitrogens is 5. The molecule has 5 rings (SSSR count). The number of anilines is 1. The Hall–Kier alpha value is -3.07. The van der Waals surface area contributed by atoms with Crippen LogP contribution in [-0.4, -0.2) is 61.9 Å². The fourth-order valence-electron chi connectivity index (χ4n) is 4.40. The molecule has 0 bridgehead atoms. The fourth-order valence-corrected chi connectivity index (χ4v) is 4.40. The van der Waals surface area contributed by atoms with Gasteiger partial charge in [-0.25, -0.2) is 9.67 Å². The van der Waals surface area contributed by atoms with E-state index < -0.39 is 0 Å². The number of hydrogen-bond acceptors (Lipinski definition) is 7. The molecule has 1 fully saturated rings. The van der Waals surface area contributed by atoms with E-state index in [1.54, 1.807) is 40.8 Å². The van der Waals surface area contributed by atoms with Crippen LogP contribution in [0.4, 0.5) is 5.95 Å². The molecule has 0 atom stereocenters. The van der Waals surface area contributed by atoms with Crippen LogP contribution in [0.1, 0.15) is 17.7 Å². The Morgan fingerprint density at radius 2 is 1.90 bits per heavy atom. The van der Waals surface area contributed by atoms with Crippen LogP contribution in [-0.2, 0) is 26.4 Å². The minimum atomic E-state index is -0.0538. The van der Waals surface area contributed by atoms with Crippen molar-refractivity contribution in [3.05, 3.63) is 56.5 Å². The minimum absolute atomic E-state index is 0.00161. The van der Waals surface area contributed by atoms with E-state index in [1.165, 1.54) is 0 Å². The average Bonchev–Trinajstić information content (AvgIpc) is 3.22. The van der Waals surface area contributed by atoms with Crippen LogP contribution in [0.5, 0.6) is 0 Å². The van der Waals surface area contributed by atoms with Crippen molar-refractivity contribution >= 4 is 16.9 Å². The highest BCUT2D eigenvalue weighted by Crippen LogP contribution is 2.17. The second kappa shape index (κ2) is 7.64. The summed E-state index contributed by atoms with van der Waals surface area (Å²) in [4.78, 5) is 38.2. The number of pyridine rings is 1. The zero-order valence-electron chi connectivity index (χ0n) is 17.1. The SMILES string of the molecule is Cn1c(N2CCN(CCn3nc4c(cc3=O)CCC4)CC2)nc2cnccc2c1=O. The number of nitrogens with zero attached hydrogens (tertiary/aromatic N) is 7. The highest BCUT2D eigenvalue weighted by atomic mass is 16.1. The summed E-state index contributed by atoms with van der Waals surface area (Å²) in [6, 6.07) is 3.47. The molecule has 0 saturated carbocycles. The van der Waals surface area contributed by atoms with E-state index in [0.29, 0.717) is 23.4 Å². The van der Waals surface area contributed by atoms with Crippen molar-refractivity contribution in [2.45, 2.75) is 25.8 Å². The van der Waals surface area contributed by atoms with Gasteiger partial charge in [-0.15, -0.1) is 0 Å². The largest absolute Gasteiger partial charge is 0.340 e. The maximum absolute atomic E-state index is 12.6. The van der Waals surface area contributed by atoms with Crippen molar-refractivity contribution < 1.29 is 0 Å². The summed E-state index contributed by atoms with van der Waals surface area (Å²) < 4.78 is 3.23. The Kier molecular flexibility index (Phi) is 4.82. The molecule has 3 aromatic rings. The predicted octanol–water partition coefficient (Wildman–Crippen LogP) is 0.196. The molecule has 0 unspecified atom stereocenters. The van der Waals surface area contributed by atoms with E-state index in [2.05, 4.69) is 24.9 Å². The van der Waals surface area contributed by atoms with Gasteiger partial charge in [-0.1, -0.05) is 0 Å². The maximum atomic E-state index is 12.6. The van der Waals surface area contributed by atoms with Gasteiger partial charge in [0.05, 0.1) is 29.3 Å². The molecule has 0 radical (unpaired) electrons. The topological polar surface area (TPSA) is 89.2 Å². The molecule has 30 heavy (non-hydrogen) atoms. The Labute approximate surface area is 173 Å². The van der Waals surface area contributed by atoms with Crippen molar-refractivity contribution in [1.82, 2.24) is 29.2 Å². The molecule has 4 heterocycles. The summed E-state index contributed by atoms with van der Waals surface area (Å²) in [5, 5.41) is 5.15. The smallest absolute Gasteiger partial charge is 0.267 e. The van der Waals surface area contributed by atoms with E-state index in [-0.39, 0.29) is 11.1 Å². The van der Waals surface area contributed by atoms with Crippen molar-refractivity contribution in [1.29, 1.82) is 0 Å². The van der Waals surface area contributed by atoms with Crippen LogP contribution in [0.15, 0.2) is 34.1 Å². The highest BCUT2D eigenvalue weighted by Gasteiger charge is 2.22. The molecule has 2 aliphatic rings. The molecule has 0 N–H and O–H groups in total. The number of rotatable bonds is 4. The van der Waals surface area contributed by atoms with Crippen molar-refractivity contribution in [3.63, 3.8) is 0 Å². The van der Waals surface area contributed by atoms with Gasteiger partial charge in [0, 0.05) is 52.0 Å². The van der Waals surface area contributed by atoms with Crippen LogP contribution < -0.4 is 16.0 Å². The normalized spacial score (nSPS) is 16.9. The zero-order valence-corrected chi connectivity index (χ0v) is 17.1. The molecule has 1 aliphatic carbocycles. The summed E-state index contributed by atoms with van der Waals surface area (Å²) in [6.45, 7) is 4.64. The molecular formula is C21H25N7O2. The lowest BCUT2D eigenvalue weighted by Gasteiger charge is -2.35. The number of fused-ring (bicyclic) bond motifs is 2. The standard InChI is InChI=1S/C21H25N7O2/c1-25-20(30)16-5-6-22-14-18(16)23-21(25)27-10-7-26(8-11-27)9-12-28-19(29)13-15-3-2-4-17(15)24-28/h5-6,13-14H,2-4,7-12H2,1H3. The van der Waals surface area contributed by atoms with E-state index in [1.807, 2.05) is 0 Å². The molecule has 0 amide bonds. The Balaban J connectivity index is 1.25. The Morgan fingerprint density at radius 1 is 1.07 bits per heavy atom. The molecule has 1 saturated heterocycles. The molecule has 9 nitrogen and oxygen atoms in total. The quantitative estimate of drug-likeness (QED) is 0.610. The van der Waals surface area contributed by atoms with Crippen LogP contribution >= 0.6 is 0 Å². The summed E-state index contributed by atoms with van der Waals surface area (Å²) in [7, 11) is 1.77. The first-order chi connectivity index (χ1) is 14.6. The number of hydrogen-bond donors (Lipinski definition) is 0. The average molecular weight is 407 g/mol. The van der Waals surface area contributed by atoms with Crippen molar-refractivity contribution in [3.8, 4) is 0 Å². The molecule has 0 spiro atoms. The van der Waals surface area contributed by atoms with Crippen LogP contribution in [0.3, 0.4) is 0 Å². The minimum Gasteiger partial charge on any atom is -0.340 e. The molecular weight excluding hydrogens is 382 g/mol. The Morgan fingerprint density at radius 3 is 2.73 bits per heavy atom. The lowest BCUT2D eigenvalue weighted by Crippen LogP contribution is -2.49. The first-order valence-electron chi connectivity index (χ1n) is 10.5. The van der Waals surface area contributed by atoms with Gasteiger partial charge < -0.3 is 4.90 Å². The maximum Gasteiger partial charge on any atom is 0.267 e. The molecule has 3 aromatic heterocycles.